The molecule has 9 heteroatoms. The molecule has 0 radical (unpaired) electrons. The van der Waals surface area contributed by atoms with Gasteiger partial charge in [0.2, 0.25) is 0 Å². The lowest BCUT2D eigenvalue weighted by atomic mass is 10.00. The van der Waals surface area contributed by atoms with Crippen LogP contribution in [0.3, 0.4) is 0 Å². The topological polar surface area (TPSA) is 68.5 Å². The minimum Gasteiger partial charge on any atom is -0.489 e. The van der Waals surface area contributed by atoms with E-state index in [4.69, 9.17) is 14.2 Å². The Hall–Kier alpha value is -4.11. The Balaban J connectivity index is 1.10. The third-order valence-electron chi connectivity index (χ3n) is 7.59. The fourth-order valence-electron chi connectivity index (χ4n) is 5.25. The van der Waals surface area contributed by atoms with Crippen LogP contribution in [0.4, 0.5) is 13.9 Å². The Kier molecular flexibility index (Phi) is 6.11. The summed E-state index contributed by atoms with van der Waals surface area (Å²) in [4.78, 5) is 18.8. The van der Waals surface area contributed by atoms with Gasteiger partial charge in [-0.1, -0.05) is 28.6 Å². The van der Waals surface area contributed by atoms with Crippen LogP contribution in [0.15, 0.2) is 59.1 Å². The number of rotatable bonds is 7. The van der Waals surface area contributed by atoms with E-state index in [2.05, 4.69) is 16.1 Å². The number of hydrogen-bond acceptors (Lipinski definition) is 7. The average molecular weight is 558 g/mol. The molecular formula is C31H25F2N3O3S. The number of thiazole rings is 1. The SMILES string of the molecule is CC(=O)c1ccc2nc(N3CCc4cc(OCc5c(-c6c(F)cccc6F)noc5C5CC5)ccc4C3)sc2c1. The van der Waals surface area contributed by atoms with Crippen molar-refractivity contribution in [1.82, 2.24) is 10.1 Å². The van der Waals surface area contributed by atoms with Crippen LogP contribution >= 0.6 is 11.3 Å². The summed E-state index contributed by atoms with van der Waals surface area (Å²) in [6.45, 7) is 3.22. The molecule has 1 aliphatic heterocycles. The van der Waals surface area contributed by atoms with Gasteiger partial charge in [-0.15, -0.1) is 0 Å². The van der Waals surface area contributed by atoms with Gasteiger partial charge in [-0.3, -0.25) is 4.79 Å². The number of ether oxygens (including phenoxy) is 1. The Morgan fingerprint density at radius 3 is 2.70 bits per heavy atom. The van der Waals surface area contributed by atoms with Gasteiger partial charge in [0, 0.05) is 24.6 Å². The van der Waals surface area contributed by atoms with Gasteiger partial charge in [-0.05, 0) is 79.8 Å². The largest absolute Gasteiger partial charge is 0.489 e. The van der Waals surface area contributed by atoms with E-state index in [1.165, 1.54) is 29.3 Å². The van der Waals surface area contributed by atoms with E-state index in [9.17, 15) is 13.6 Å². The van der Waals surface area contributed by atoms with E-state index < -0.39 is 11.6 Å². The zero-order valence-electron chi connectivity index (χ0n) is 21.7. The van der Waals surface area contributed by atoms with E-state index in [0.29, 0.717) is 22.6 Å². The first-order chi connectivity index (χ1) is 19.4. The van der Waals surface area contributed by atoms with Gasteiger partial charge in [0.15, 0.2) is 10.9 Å². The molecule has 1 fully saturated rings. The van der Waals surface area contributed by atoms with Crippen LogP contribution in [0.25, 0.3) is 21.5 Å². The monoisotopic (exact) mass is 557 g/mol. The fourth-order valence-corrected chi connectivity index (χ4v) is 6.28. The molecule has 0 amide bonds. The van der Waals surface area contributed by atoms with Crippen molar-refractivity contribution >= 4 is 32.5 Å². The molecule has 0 bridgehead atoms. The minimum absolute atomic E-state index is 0.0465. The van der Waals surface area contributed by atoms with Crippen LogP contribution in [0, 0.1) is 11.6 Å². The summed E-state index contributed by atoms with van der Waals surface area (Å²) in [5, 5.41) is 5.00. The maximum absolute atomic E-state index is 14.6. The molecule has 0 spiro atoms. The summed E-state index contributed by atoms with van der Waals surface area (Å²) in [7, 11) is 0. The maximum Gasteiger partial charge on any atom is 0.186 e. The predicted octanol–water partition coefficient (Wildman–Crippen LogP) is 7.45. The molecule has 7 rings (SSSR count). The second-order valence-corrected chi connectivity index (χ2v) is 11.4. The first-order valence-corrected chi connectivity index (χ1v) is 14.1. The molecule has 5 aromatic rings. The summed E-state index contributed by atoms with van der Waals surface area (Å²) < 4.78 is 41.9. The summed E-state index contributed by atoms with van der Waals surface area (Å²) in [5.41, 5.74) is 4.56. The molecule has 202 valence electrons. The lowest BCUT2D eigenvalue weighted by Crippen LogP contribution is -2.30. The van der Waals surface area contributed by atoms with Gasteiger partial charge in [-0.25, -0.2) is 13.8 Å². The third kappa shape index (κ3) is 4.54. The standard InChI is InChI=1S/C31H25F2N3O3S/c1-17(37)19-8-10-26-27(14-19)40-31(34-26)36-12-11-20-13-22(9-7-21(20)15-36)38-16-23-29(35-39-30(23)18-5-6-18)28-24(32)3-2-4-25(28)33/h2-4,7-10,13-14,18H,5-6,11-12,15-16H2,1H3. The molecule has 1 aliphatic carbocycles. The van der Waals surface area contributed by atoms with Gasteiger partial charge < -0.3 is 14.2 Å². The number of halogens is 2. The smallest absolute Gasteiger partial charge is 0.186 e. The quantitative estimate of drug-likeness (QED) is 0.194. The van der Waals surface area contributed by atoms with E-state index in [-0.39, 0.29) is 29.6 Å². The highest BCUT2D eigenvalue weighted by Crippen LogP contribution is 2.45. The molecule has 0 atom stereocenters. The zero-order valence-corrected chi connectivity index (χ0v) is 22.6. The molecule has 0 N–H and O–H groups in total. The molecule has 6 nitrogen and oxygen atoms in total. The molecule has 3 heterocycles. The molecule has 1 saturated carbocycles. The number of carbonyl (C=O) groups is 1. The Morgan fingerprint density at radius 1 is 1.10 bits per heavy atom. The minimum atomic E-state index is -0.678. The van der Waals surface area contributed by atoms with Crippen LogP contribution < -0.4 is 9.64 Å². The Labute approximate surface area is 233 Å². The molecule has 2 aliphatic rings. The van der Waals surface area contributed by atoms with Crippen molar-refractivity contribution in [3.8, 4) is 17.0 Å². The molecular weight excluding hydrogens is 532 g/mol. The van der Waals surface area contributed by atoms with Crippen molar-refractivity contribution in [2.24, 2.45) is 0 Å². The maximum atomic E-state index is 14.6. The summed E-state index contributed by atoms with van der Waals surface area (Å²) in [5.74, 6) is 0.237. The van der Waals surface area contributed by atoms with Crippen molar-refractivity contribution in [2.75, 3.05) is 11.4 Å². The van der Waals surface area contributed by atoms with Gasteiger partial charge >= 0.3 is 0 Å². The normalized spacial score (nSPS) is 14.9. The Morgan fingerprint density at radius 2 is 1.93 bits per heavy atom. The Bertz CT molecular complexity index is 1760. The van der Waals surface area contributed by atoms with Crippen molar-refractivity contribution in [3.05, 3.63) is 94.2 Å². The van der Waals surface area contributed by atoms with Crippen LogP contribution in [0.5, 0.6) is 5.75 Å². The number of hydrogen-bond donors (Lipinski definition) is 0. The van der Waals surface area contributed by atoms with Crippen LogP contribution in [-0.2, 0) is 19.6 Å². The second-order valence-electron chi connectivity index (χ2n) is 10.4. The predicted molar refractivity (Wildman–Crippen MR) is 149 cm³/mol. The zero-order chi connectivity index (χ0) is 27.4. The van der Waals surface area contributed by atoms with Crippen molar-refractivity contribution in [1.29, 1.82) is 0 Å². The number of nitrogens with zero attached hydrogens (tertiary/aromatic N) is 3. The summed E-state index contributed by atoms with van der Waals surface area (Å²) >= 11 is 1.60. The number of carbonyl (C=O) groups excluding carboxylic acids is 1. The molecule has 2 aromatic heterocycles. The first-order valence-electron chi connectivity index (χ1n) is 13.3. The number of benzene rings is 3. The highest BCUT2D eigenvalue weighted by atomic mass is 32.1. The van der Waals surface area contributed by atoms with Crippen LogP contribution in [0.2, 0.25) is 0 Å². The second kappa shape index (κ2) is 9.82. The van der Waals surface area contributed by atoms with Crippen molar-refractivity contribution in [2.45, 2.75) is 45.3 Å². The third-order valence-corrected chi connectivity index (χ3v) is 8.67. The van der Waals surface area contributed by atoms with Crippen molar-refractivity contribution in [3.63, 3.8) is 0 Å². The molecule has 40 heavy (non-hydrogen) atoms. The van der Waals surface area contributed by atoms with E-state index in [1.807, 2.05) is 30.3 Å². The number of ketones is 1. The lowest BCUT2D eigenvalue weighted by Gasteiger charge is -2.28. The highest BCUT2D eigenvalue weighted by molar-refractivity contribution is 7.22. The van der Waals surface area contributed by atoms with Gasteiger partial charge in [-0.2, -0.15) is 0 Å². The average Bonchev–Trinajstić information content (AvgIpc) is 3.57. The molecule has 3 aromatic carbocycles. The fraction of sp³-hybridized carbons (Fsp3) is 0.258. The lowest BCUT2D eigenvalue weighted by molar-refractivity contribution is 0.101. The first kappa shape index (κ1) is 24.9. The summed E-state index contributed by atoms with van der Waals surface area (Å²) in [6, 6.07) is 15.4. The number of fused-ring (bicyclic) bond motifs is 2. The van der Waals surface area contributed by atoms with E-state index in [0.717, 1.165) is 47.7 Å². The highest BCUT2D eigenvalue weighted by Gasteiger charge is 2.34. The van der Waals surface area contributed by atoms with Gasteiger partial charge in [0.25, 0.3) is 0 Å². The number of anilines is 1. The number of Topliss-reactive ketones (excluding diaryl/α,β-unsaturated/α-hetero) is 1. The van der Waals surface area contributed by atoms with Crippen LogP contribution in [0.1, 0.15) is 58.5 Å². The van der Waals surface area contributed by atoms with E-state index in [1.54, 1.807) is 18.3 Å². The summed E-state index contributed by atoms with van der Waals surface area (Å²) in [6.07, 6.45) is 2.75. The molecule has 0 unspecified atom stereocenters. The molecule has 0 saturated heterocycles. The van der Waals surface area contributed by atoms with Crippen LogP contribution in [-0.4, -0.2) is 22.5 Å². The van der Waals surface area contributed by atoms with Gasteiger partial charge in [0.1, 0.15) is 35.4 Å². The van der Waals surface area contributed by atoms with Crippen molar-refractivity contribution < 1.29 is 22.8 Å². The van der Waals surface area contributed by atoms with Gasteiger partial charge in [0.05, 0.1) is 21.3 Å². The number of aromatic nitrogens is 2. The van der Waals surface area contributed by atoms with E-state index >= 15 is 0 Å².